The van der Waals surface area contributed by atoms with E-state index in [1.54, 1.807) is 36.7 Å². The summed E-state index contributed by atoms with van der Waals surface area (Å²) in [5.74, 6) is 0.140. The second kappa shape index (κ2) is 6.61. The van der Waals surface area contributed by atoms with Crippen molar-refractivity contribution in [1.29, 1.82) is 5.26 Å². The number of nitrogens with one attached hydrogen (secondary N) is 1. The number of nitrogens with zero attached hydrogens (tertiary/aromatic N) is 5. The molecule has 1 aliphatic rings. The molecule has 0 radical (unpaired) electrons. The van der Waals surface area contributed by atoms with Crippen molar-refractivity contribution in [1.82, 2.24) is 25.5 Å². The third-order valence-electron chi connectivity index (χ3n) is 4.33. The van der Waals surface area contributed by atoms with E-state index in [0.717, 1.165) is 17.7 Å². The maximum atomic E-state index is 14.9. The number of alkyl halides is 1. The highest BCUT2D eigenvalue weighted by atomic mass is 19.1. The van der Waals surface area contributed by atoms with E-state index in [1.807, 2.05) is 6.07 Å². The van der Waals surface area contributed by atoms with Crippen LogP contribution in [-0.4, -0.2) is 33.3 Å². The third kappa shape index (κ3) is 3.05. The van der Waals surface area contributed by atoms with E-state index in [1.165, 1.54) is 0 Å². The Balaban J connectivity index is 1.66. The molecule has 1 atom stereocenters. The van der Waals surface area contributed by atoms with Gasteiger partial charge < -0.3 is 9.73 Å². The summed E-state index contributed by atoms with van der Waals surface area (Å²) in [6, 6.07) is 9.06. The van der Waals surface area contributed by atoms with Crippen LogP contribution >= 0.6 is 0 Å². The average Bonchev–Trinajstić information content (AvgIpc) is 3.20. The lowest BCUT2D eigenvalue weighted by atomic mass is 9.96. The molecule has 0 aromatic carbocycles. The summed E-state index contributed by atoms with van der Waals surface area (Å²) in [6.45, 7) is 0.947. The maximum absolute atomic E-state index is 14.9. The van der Waals surface area contributed by atoms with Crippen molar-refractivity contribution in [2.24, 2.45) is 0 Å². The van der Waals surface area contributed by atoms with Gasteiger partial charge in [0.05, 0.1) is 0 Å². The molecule has 8 heteroatoms. The van der Waals surface area contributed by atoms with Crippen LogP contribution in [-0.2, 0) is 5.67 Å². The van der Waals surface area contributed by atoms with Gasteiger partial charge in [-0.25, -0.2) is 9.37 Å². The van der Waals surface area contributed by atoms with Crippen LogP contribution < -0.4 is 5.32 Å². The van der Waals surface area contributed by atoms with Gasteiger partial charge in [0.25, 0.3) is 11.8 Å². The van der Waals surface area contributed by atoms with E-state index in [0.29, 0.717) is 24.2 Å². The van der Waals surface area contributed by atoms with Crippen LogP contribution in [0.25, 0.3) is 22.7 Å². The highest BCUT2D eigenvalue weighted by Crippen LogP contribution is 2.33. The number of pyridine rings is 2. The number of nitriles is 1. The fourth-order valence-corrected chi connectivity index (χ4v) is 2.96. The van der Waals surface area contributed by atoms with Gasteiger partial charge in [0.2, 0.25) is 0 Å². The van der Waals surface area contributed by atoms with Crippen molar-refractivity contribution in [3.8, 4) is 28.8 Å². The van der Waals surface area contributed by atoms with Crippen molar-refractivity contribution in [3.05, 3.63) is 48.2 Å². The van der Waals surface area contributed by atoms with Crippen molar-refractivity contribution >= 4 is 0 Å². The number of aromatic nitrogens is 4. The highest BCUT2D eigenvalue weighted by Gasteiger charge is 2.39. The zero-order valence-corrected chi connectivity index (χ0v) is 13.8. The third-order valence-corrected chi connectivity index (χ3v) is 4.33. The molecule has 0 spiro atoms. The molecule has 7 nitrogen and oxygen atoms in total. The molecule has 26 heavy (non-hydrogen) atoms. The number of hydrogen-bond donors (Lipinski definition) is 1. The lowest BCUT2D eigenvalue weighted by Crippen LogP contribution is -2.40. The van der Waals surface area contributed by atoms with Gasteiger partial charge in [-0.05, 0) is 54.8 Å². The van der Waals surface area contributed by atoms with Crippen molar-refractivity contribution in [2.45, 2.75) is 18.5 Å². The first-order valence-corrected chi connectivity index (χ1v) is 8.24. The molecule has 1 saturated heterocycles. The molecular formula is C18H15FN6O. The van der Waals surface area contributed by atoms with Gasteiger partial charge in [0.1, 0.15) is 17.5 Å². The van der Waals surface area contributed by atoms with E-state index in [2.05, 4.69) is 25.5 Å². The van der Waals surface area contributed by atoms with E-state index in [4.69, 9.17) is 9.68 Å². The minimum Gasteiger partial charge on any atom is -0.416 e. The van der Waals surface area contributed by atoms with Gasteiger partial charge in [-0.15, -0.1) is 10.2 Å². The predicted molar refractivity (Wildman–Crippen MR) is 90.4 cm³/mol. The monoisotopic (exact) mass is 350 g/mol. The zero-order chi connectivity index (χ0) is 18.0. The summed E-state index contributed by atoms with van der Waals surface area (Å²) < 4.78 is 20.5. The summed E-state index contributed by atoms with van der Waals surface area (Å²) >= 11 is 0. The minimum absolute atomic E-state index is 0.0254. The largest absolute Gasteiger partial charge is 0.416 e. The van der Waals surface area contributed by atoms with Gasteiger partial charge in [0, 0.05) is 18.9 Å². The van der Waals surface area contributed by atoms with Crippen LogP contribution in [0.2, 0.25) is 0 Å². The molecule has 3 aromatic rings. The Morgan fingerprint density at radius 1 is 1.15 bits per heavy atom. The fraction of sp³-hybridized carbons (Fsp3) is 0.278. The Morgan fingerprint density at radius 3 is 2.73 bits per heavy atom. The van der Waals surface area contributed by atoms with Gasteiger partial charge in [-0.3, -0.25) is 4.98 Å². The molecule has 0 amide bonds. The molecule has 1 N–H and O–H groups in total. The lowest BCUT2D eigenvalue weighted by molar-refractivity contribution is 0.0872. The van der Waals surface area contributed by atoms with Crippen molar-refractivity contribution in [2.75, 3.05) is 13.1 Å². The molecule has 3 aromatic heterocycles. The number of piperidine rings is 1. The quantitative estimate of drug-likeness (QED) is 0.775. The van der Waals surface area contributed by atoms with Gasteiger partial charge in [-0.1, -0.05) is 0 Å². The fourth-order valence-electron chi connectivity index (χ4n) is 2.96. The van der Waals surface area contributed by atoms with E-state index >= 15 is 0 Å². The Bertz CT molecular complexity index is 974. The van der Waals surface area contributed by atoms with E-state index < -0.39 is 5.67 Å². The van der Waals surface area contributed by atoms with Gasteiger partial charge in [-0.2, -0.15) is 5.26 Å². The van der Waals surface area contributed by atoms with Gasteiger partial charge >= 0.3 is 0 Å². The lowest BCUT2D eigenvalue weighted by Gasteiger charge is -2.26. The Morgan fingerprint density at radius 2 is 1.96 bits per heavy atom. The van der Waals surface area contributed by atoms with Crippen LogP contribution in [0.1, 0.15) is 24.4 Å². The van der Waals surface area contributed by atoms with E-state index in [-0.39, 0.29) is 18.3 Å². The summed E-state index contributed by atoms with van der Waals surface area (Å²) in [7, 11) is 0. The molecule has 0 saturated carbocycles. The van der Waals surface area contributed by atoms with Crippen LogP contribution in [0.4, 0.5) is 4.39 Å². The van der Waals surface area contributed by atoms with Crippen LogP contribution in [0.5, 0.6) is 0 Å². The average molecular weight is 350 g/mol. The SMILES string of the molecule is N#Cc1cc(-c2ccnc(-c3nnc([C@@]4(F)CCCNC4)o3)c2)ccn1. The molecule has 0 aliphatic carbocycles. The standard InChI is InChI=1S/C18H15FN6O/c19-18(4-1-5-21-11-18)17-25-24-16(26-17)15-9-13(3-7-23-15)12-2-6-22-14(8-12)10-20/h2-3,6-9,21H,1,4-5,11H2/t18-/m1/s1. The second-order valence-electron chi connectivity index (χ2n) is 6.13. The Hall–Kier alpha value is -3.18. The molecule has 0 unspecified atom stereocenters. The molecule has 4 rings (SSSR count). The normalized spacial score (nSPS) is 19.8. The maximum Gasteiger partial charge on any atom is 0.266 e. The smallest absolute Gasteiger partial charge is 0.266 e. The second-order valence-corrected chi connectivity index (χ2v) is 6.13. The zero-order valence-electron chi connectivity index (χ0n) is 13.8. The summed E-state index contributed by atoms with van der Waals surface area (Å²) in [5.41, 5.74) is 0.767. The molecular weight excluding hydrogens is 335 g/mol. The van der Waals surface area contributed by atoms with Crippen LogP contribution in [0.3, 0.4) is 0 Å². The predicted octanol–water partition coefficient (Wildman–Crippen LogP) is 2.61. The number of hydrogen-bond acceptors (Lipinski definition) is 7. The Labute approximate surface area is 148 Å². The minimum atomic E-state index is -1.64. The molecule has 1 aliphatic heterocycles. The highest BCUT2D eigenvalue weighted by molar-refractivity contribution is 5.67. The first kappa shape index (κ1) is 16.3. The van der Waals surface area contributed by atoms with Crippen molar-refractivity contribution < 1.29 is 8.81 Å². The Kier molecular flexibility index (Phi) is 4.14. The molecule has 4 heterocycles. The van der Waals surface area contributed by atoms with Crippen LogP contribution in [0.15, 0.2) is 41.1 Å². The summed E-state index contributed by atoms with van der Waals surface area (Å²) in [6.07, 6.45) is 4.24. The van der Waals surface area contributed by atoms with Gasteiger partial charge in [0.15, 0.2) is 5.67 Å². The first-order valence-electron chi connectivity index (χ1n) is 8.24. The first-order chi connectivity index (χ1) is 12.7. The van der Waals surface area contributed by atoms with Crippen LogP contribution in [0, 0.1) is 11.3 Å². The number of rotatable bonds is 3. The summed E-state index contributed by atoms with van der Waals surface area (Å²) in [5, 5.41) is 19.9. The summed E-state index contributed by atoms with van der Waals surface area (Å²) in [4.78, 5) is 8.21. The molecule has 1 fully saturated rings. The molecule has 0 bridgehead atoms. The topological polar surface area (TPSA) is 101 Å². The number of halogens is 1. The van der Waals surface area contributed by atoms with E-state index in [9.17, 15) is 4.39 Å². The van der Waals surface area contributed by atoms with Crippen molar-refractivity contribution in [3.63, 3.8) is 0 Å². The molecule has 130 valence electrons.